The lowest BCUT2D eigenvalue weighted by molar-refractivity contribution is -0.126. The van der Waals surface area contributed by atoms with Crippen molar-refractivity contribution < 1.29 is 9.59 Å². The van der Waals surface area contributed by atoms with Crippen molar-refractivity contribution in [2.24, 2.45) is 0 Å². The SMILES string of the molecule is O=C(CCC(=O)NC1CCN(Cc2ccccc2)CC1)NNc1ccc(Cl)nn1. The Morgan fingerprint density at radius 2 is 1.72 bits per heavy atom. The van der Waals surface area contributed by atoms with E-state index >= 15 is 0 Å². The second-order valence-electron chi connectivity index (χ2n) is 7.02. The molecule has 1 aromatic carbocycles. The predicted molar refractivity (Wildman–Crippen MR) is 111 cm³/mol. The molecule has 8 nitrogen and oxygen atoms in total. The lowest BCUT2D eigenvalue weighted by atomic mass is 10.0. The van der Waals surface area contributed by atoms with Gasteiger partial charge in [-0.25, -0.2) is 0 Å². The summed E-state index contributed by atoms with van der Waals surface area (Å²) in [4.78, 5) is 26.4. The van der Waals surface area contributed by atoms with E-state index in [-0.39, 0.29) is 35.9 Å². The van der Waals surface area contributed by atoms with E-state index in [1.54, 1.807) is 12.1 Å². The number of likely N-dealkylation sites (tertiary alicyclic amines) is 1. The fourth-order valence-electron chi connectivity index (χ4n) is 3.18. The number of rotatable bonds is 8. The number of carbonyl (C=O) groups is 2. The summed E-state index contributed by atoms with van der Waals surface area (Å²) in [6, 6.07) is 13.7. The first-order chi connectivity index (χ1) is 14.1. The first-order valence-corrected chi connectivity index (χ1v) is 10.1. The molecule has 0 radical (unpaired) electrons. The van der Waals surface area contributed by atoms with Gasteiger partial charge in [-0.1, -0.05) is 41.9 Å². The topological polar surface area (TPSA) is 99.2 Å². The highest BCUT2D eigenvalue weighted by Gasteiger charge is 2.20. The number of nitrogens with zero attached hydrogens (tertiary/aromatic N) is 3. The van der Waals surface area contributed by atoms with Crippen LogP contribution in [0.3, 0.4) is 0 Å². The van der Waals surface area contributed by atoms with Crippen LogP contribution < -0.4 is 16.2 Å². The normalized spacial score (nSPS) is 14.9. The van der Waals surface area contributed by atoms with Gasteiger partial charge in [0.2, 0.25) is 11.8 Å². The zero-order valence-corrected chi connectivity index (χ0v) is 16.9. The molecule has 0 atom stereocenters. The Morgan fingerprint density at radius 3 is 2.41 bits per heavy atom. The van der Waals surface area contributed by atoms with Gasteiger partial charge in [-0.2, -0.15) is 0 Å². The van der Waals surface area contributed by atoms with Crippen molar-refractivity contribution >= 4 is 29.2 Å². The van der Waals surface area contributed by atoms with Crippen LogP contribution in [0.15, 0.2) is 42.5 Å². The van der Waals surface area contributed by atoms with Crippen LogP contribution in [0.1, 0.15) is 31.2 Å². The van der Waals surface area contributed by atoms with Gasteiger partial charge >= 0.3 is 0 Å². The summed E-state index contributed by atoms with van der Waals surface area (Å²) >= 11 is 5.65. The summed E-state index contributed by atoms with van der Waals surface area (Å²) in [6.07, 6.45) is 2.07. The van der Waals surface area contributed by atoms with Crippen LogP contribution in [-0.2, 0) is 16.1 Å². The Labute approximate surface area is 175 Å². The minimum atomic E-state index is -0.297. The number of nitrogens with one attached hydrogen (secondary N) is 3. The first-order valence-electron chi connectivity index (χ1n) is 9.68. The summed E-state index contributed by atoms with van der Waals surface area (Å²) in [5.41, 5.74) is 6.42. The number of anilines is 1. The van der Waals surface area contributed by atoms with Crippen LogP contribution in [0.25, 0.3) is 0 Å². The minimum absolute atomic E-state index is 0.0900. The zero-order valence-electron chi connectivity index (χ0n) is 16.1. The van der Waals surface area contributed by atoms with Gasteiger partial charge < -0.3 is 5.32 Å². The monoisotopic (exact) mass is 416 g/mol. The molecule has 0 aliphatic carbocycles. The maximum Gasteiger partial charge on any atom is 0.238 e. The second-order valence-corrected chi connectivity index (χ2v) is 7.41. The molecular formula is C20H25ClN6O2. The molecule has 2 heterocycles. The van der Waals surface area contributed by atoms with E-state index in [2.05, 4.69) is 55.5 Å². The van der Waals surface area contributed by atoms with Crippen molar-refractivity contribution in [1.29, 1.82) is 0 Å². The number of aromatic nitrogens is 2. The quantitative estimate of drug-likeness (QED) is 0.570. The molecule has 1 saturated heterocycles. The molecule has 9 heteroatoms. The predicted octanol–water partition coefficient (Wildman–Crippen LogP) is 2.13. The molecule has 29 heavy (non-hydrogen) atoms. The minimum Gasteiger partial charge on any atom is -0.353 e. The summed E-state index contributed by atoms with van der Waals surface area (Å²) in [6.45, 7) is 2.84. The number of halogens is 1. The molecule has 154 valence electrons. The molecule has 2 amide bonds. The number of hydrogen-bond donors (Lipinski definition) is 3. The van der Waals surface area contributed by atoms with Crippen molar-refractivity contribution in [1.82, 2.24) is 25.8 Å². The third-order valence-corrected chi connectivity index (χ3v) is 4.94. The molecule has 1 aromatic heterocycles. The lowest BCUT2D eigenvalue weighted by Crippen LogP contribution is -2.44. The van der Waals surface area contributed by atoms with Gasteiger partial charge in [0.15, 0.2) is 11.0 Å². The molecule has 0 bridgehead atoms. The fourth-order valence-corrected chi connectivity index (χ4v) is 3.28. The van der Waals surface area contributed by atoms with Crippen LogP contribution in [0, 0.1) is 0 Å². The van der Waals surface area contributed by atoms with Crippen molar-refractivity contribution in [3.05, 3.63) is 53.2 Å². The molecule has 2 aromatic rings. The lowest BCUT2D eigenvalue weighted by Gasteiger charge is -2.32. The maximum atomic E-state index is 12.1. The largest absolute Gasteiger partial charge is 0.353 e. The van der Waals surface area contributed by atoms with Crippen molar-refractivity contribution in [2.75, 3.05) is 18.5 Å². The Bertz CT molecular complexity index is 794. The number of carbonyl (C=O) groups excluding carboxylic acids is 2. The van der Waals surface area contributed by atoms with Gasteiger partial charge in [-0.05, 0) is 30.5 Å². The molecular weight excluding hydrogens is 392 g/mol. The van der Waals surface area contributed by atoms with Crippen molar-refractivity contribution in [3.63, 3.8) is 0 Å². The van der Waals surface area contributed by atoms with Crippen LogP contribution >= 0.6 is 11.6 Å². The Morgan fingerprint density at radius 1 is 1.00 bits per heavy atom. The molecule has 0 saturated carbocycles. The number of hydrazine groups is 1. The fraction of sp³-hybridized carbons (Fsp3) is 0.400. The van der Waals surface area contributed by atoms with E-state index < -0.39 is 0 Å². The van der Waals surface area contributed by atoms with E-state index in [1.165, 1.54) is 5.56 Å². The highest BCUT2D eigenvalue weighted by molar-refractivity contribution is 6.29. The average Bonchev–Trinajstić information content (AvgIpc) is 2.74. The second kappa shape index (κ2) is 10.7. The maximum absolute atomic E-state index is 12.1. The van der Waals surface area contributed by atoms with Gasteiger partial charge in [-0.15, -0.1) is 10.2 Å². The van der Waals surface area contributed by atoms with E-state index in [0.717, 1.165) is 32.5 Å². The number of benzene rings is 1. The summed E-state index contributed by atoms with van der Waals surface area (Å²) in [5.74, 6) is -0.0306. The van der Waals surface area contributed by atoms with Crippen LogP contribution in [0.2, 0.25) is 5.15 Å². The highest BCUT2D eigenvalue weighted by atomic mass is 35.5. The van der Waals surface area contributed by atoms with Gasteiger partial charge in [-0.3, -0.25) is 25.3 Å². The molecule has 0 spiro atoms. The number of hydrogen-bond acceptors (Lipinski definition) is 6. The molecule has 1 aliphatic heterocycles. The van der Waals surface area contributed by atoms with Gasteiger partial charge in [0.05, 0.1) is 0 Å². The Kier molecular flexibility index (Phi) is 7.77. The van der Waals surface area contributed by atoms with Crippen LogP contribution in [0.5, 0.6) is 0 Å². The van der Waals surface area contributed by atoms with E-state index in [9.17, 15) is 9.59 Å². The highest BCUT2D eigenvalue weighted by Crippen LogP contribution is 2.14. The zero-order chi connectivity index (χ0) is 20.5. The average molecular weight is 417 g/mol. The van der Waals surface area contributed by atoms with Gasteiger partial charge in [0.25, 0.3) is 0 Å². The molecule has 1 fully saturated rings. The summed E-state index contributed by atoms with van der Waals surface area (Å²) in [5, 5.41) is 10.7. The van der Waals surface area contributed by atoms with E-state index in [1.807, 2.05) is 6.07 Å². The van der Waals surface area contributed by atoms with Crippen LogP contribution in [0.4, 0.5) is 5.82 Å². The first kappa shape index (κ1) is 21.0. The molecule has 0 unspecified atom stereocenters. The Hall–Kier alpha value is -2.71. The standard InChI is InChI=1S/C20H25ClN6O2/c21-17-6-7-18(24-23-17)25-26-20(29)9-8-19(28)22-16-10-12-27(13-11-16)14-15-4-2-1-3-5-15/h1-7,16H,8-14H2,(H,22,28)(H,24,25)(H,26,29). The molecule has 1 aliphatic rings. The van der Waals surface area contributed by atoms with E-state index in [4.69, 9.17) is 11.6 Å². The third-order valence-electron chi connectivity index (χ3n) is 4.74. The number of piperidine rings is 1. The van der Waals surface area contributed by atoms with Crippen LogP contribution in [-0.4, -0.2) is 46.0 Å². The Balaban J connectivity index is 1.29. The van der Waals surface area contributed by atoms with Crippen molar-refractivity contribution in [3.8, 4) is 0 Å². The smallest absolute Gasteiger partial charge is 0.238 e. The molecule has 3 N–H and O–H groups in total. The third kappa shape index (κ3) is 7.32. The van der Waals surface area contributed by atoms with E-state index in [0.29, 0.717) is 5.82 Å². The number of amides is 2. The summed E-state index contributed by atoms with van der Waals surface area (Å²) in [7, 11) is 0. The van der Waals surface area contributed by atoms with Crippen molar-refractivity contribution in [2.45, 2.75) is 38.3 Å². The summed E-state index contributed by atoms with van der Waals surface area (Å²) < 4.78 is 0. The molecule has 3 rings (SSSR count). The van der Waals surface area contributed by atoms with Gasteiger partial charge in [0, 0.05) is 38.5 Å². The van der Waals surface area contributed by atoms with Gasteiger partial charge in [0.1, 0.15) is 0 Å².